The monoisotopic (exact) mass is 205 g/mol. The molecular weight excluding hydrogens is 182 g/mol. The van der Waals surface area contributed by atoms with Gasteiger partial charge in [-0.3, -0.25) is 0 Å². The second-order valence-electron chi connectivity index (χ2n) is 3.85. The van der Waals surface area contributed by atoms with Crippen molar-refractivity contribution in [2.45, 2.75) is 33.2 Å². The Morgan fingerprint density at radius 2 is 1.92 bits per heavy atom. The first kappa shape index (κ1) is 13.3. The highest BCUT2D eigenvalue weighted by molar-refractivity contribution is 7.99. The van der Waals surface area contributed by atoms with Crippen LogP contribution in [0.1, 0.15) is 27.2 Å². The minimum absolute atomic E-state index is 0.337. The van der Waals surface area contributed by atoms with Crippen molar-refractivity contribution in [2.75, 3.05) is 24.7 Å². The van der Waals surface area contributed by atoms with Gasteiger partial charge < -0.3 is 10.5 Å². The maximum absolute atomic E-state index is 5.63. The number of rotatable bonds is 8. The van der Waals surface area contributed by atoms with Crippen LogP contribution in [-0.2, 0) is 4.74 Å². The van der Waals surface area contributed by atoms with Gasteiger partial charge >= 0.3 is 0 Å². The van der Waals surface area contributed by atoms with Crippen molar-refractivity contribution in [3.05, 3.63) is 0 Å². The second kappa shape index (κ2) is 8.85. The Bertz CT molecular complexity index is 95.1. The molecule has 2 N–H and O–H groups in total. The maximum atomic E-state index is 5.63. The van der Waals surface area contributed by atoms with E-state index in [0.717, 1.165) is 31.1 Å². The van der Waals surface area contributed by atoms with Crippen molar-refractivity contribution in [1.29, 1.82) is 0 Å². The zero-order valence-electron chi connectivity index (χ0n) is 9.08. The number of thioether (sulfide) groups is 1. The van der Waals surface area contributed by atoms with Crippen LogP contribution in [0.4, 0.5) is 0 Å². The molecule has 0 saturated carbocycles. The zero-order valence-corrected chi connectivity index (χ0v) is 9.90. The van der Waals surface area contributed by atoms with E-state index in [1.807, 2.05) is 11.8 Å². The predicted octanol–water partition coefficient (Wildman–Crippen LogP) is 2.13. The van der Waals surface area contributed by atoms with E-state index in [4.69, 9.17) is 10.5 Å². The van der Waals surface area contributed by atoms with Crippen LogP contribution < -0.4 is 5.73 Å². The largest absolute Gasteiger partial charge is 0.380 e. The van der Waals surface area contributed by atoms with E-state index in [-0.39, 0.29) is 0 Å². The summed E-state index contributed by atoms with van der Waals surface area (Å²) >= 11 is 1.93. The maximum Gasteiger partial charge on any atom is 0.0556 e. The Kier molecular flexibility index (Phi) is 9.03. The lowest BCUT2D eigenvalue weighted by Gasteiger charge is -2.07. The molecule has 0 rings (SSSR count). The highest BCUT2D eigenvalue weighted by Crippen LogP contribution is 2.04. The molecule has 0 amide bonds. The van der Waals surface area contributed by atoms with E-state index >= 15 is 0 Å². The summed E-state index contributed by atoms with van der Waals surface area (Å²) in [4.78, 5) is 0. The van der Waals surface area contributed by atoms with Crippen molar-refractivity contribution in [2.24, 2.45) is 11.7 Å². The van der Waals surface area contributed by atoms with Crippen LogP contribution in [0.2, 0.25) is 0 Å². The Balaban J connectivity index is 2.92. The fourth-order valence-corrected chi connectivity index (χ4v) is 1.79. The molecule has 0 aliphatic carbocycles. The lowest BCUT2D eigenvalue weighted by molar-refractivity contribution is 0.124. The molecule has 0 heterocycles. The molecule has 0 fully saturated rings. The van der Waals surface area contributed by atoms with E-state index in [0.29, 0.717) is 12.0 Å². The van der Waals surface area contributed by atoms with Crippen molar-refractivity contribution in [1.82, 2.24) is 0 Å². The summed E-state index contributed by atoms with van der Waals surface area (Å²) in [6.45, 7) is 8.15. The summed E-state index contributed by atoms with van der Waals surface area (Å²) in [7, 11) is 0. The smallest absolute Gasteiger partial charge is 0.0556 e. The van der Waals surface area contributed by atoms with Crippen LogP contribution in [0.3, 0.4) is 0 Å². The SMILES string of the molecule is CC(C)COCCSCCC(C)N. The van der Waals surface area contributed by atoms with E-state index in [9.17, 15) is 0 Å². The third-order valence-corrected chi connectivity index (χ3v) is 2.52. The quantitative estimate of drug-likeness (QED) is 0.617. The van der Waals surface area contributed by atoms with Gasteiger partial charge in [0.05, 0.1) is 6.61 Å². The van der Waals surface area contributed by atoms with Crippen LogP contribution in [0.5, 0.6) is 0 Å². The normalized spacial score (nSPS) is 13.6. The highest BCUT2D eigenvalue weighted by atomic mass is 32.2. The summed E-state index contributed by atoms with van der Waals surface area (Å²) < 4.78 is 5.45. The average Bonchev–Trinajstić information content (AvgIpc) is 2.01. The average molecular weight is 205 g/mol. The molecule has 0 bridgehead atoms. The lowest BCUT2D eigenvalue weighted by atomic mass is 10.2. The summed E-state index contributed by atoms with van der Waals surface area (Å²) in [5.41, 5.74) is 5.63. The summed E-state index contributed by atoms with van der Waals surface area (Å²) in [6.07, 6.45) is 1.11. The molecule has 80 valence electrons. The standard InChI is InChI=1S/C10H23NOS/c1-9(2)8-12-5-7-13-6-4-10(3)11/h9-10H,4-8,11H2,1-3H3. The first-order valence-corrected chi connectivity index (χ1v) is 6.19. The van der Waals surface area contributed by atoms with Crippen molar-refractivity contribution in [3.8, 4) is 0 Å². The van der Waals surface area contributed by atoms with Gasteiger partial charge in [-0.1, -0.05) is 13.8 Å². The molecule has 0 aliphatic rings. The summed E-state index contributed by atoms with van der Waals surface area (Å²) in [5.74, 6) is 2.90. The van der Waals surface area contributed by atoms with E-state index in [1.54, 1.807) is 0 Å². The number of hydrogen-bond donors (Lipinski definition) is 1. The molecule has 3 heteroatoms. The molecule has 2 nitrogen and oxygen atoms in total. The zero-order chi connectivity index (χ0) is 10.1. The van der Waals surface area contributed by atoms with Gasteiger partial charge in [-0.2, -0.15) is 11.8 Å². The van der Waals surface area contributed by atoms with Gasteiger partial charge in [0, 0.05) is 18.4 Å². The highest BCUT2D eigenvalue weighted by Gasteiger charge is 1.96. The van der Waals surface area contributed by atoms with Gasteiger partial charge in [0.25, 0.3) is 0 Å². The van der Waals surface area contributed by atoms with E-state index in [2.05, 4.69) is 20.8 Å². The minimum atomic E-state index is 0.337. The van der Waals surface area contributed by atoms with Crippen LogP contribution in [0.15, 0.2) is 0 Å². The number of ether oxygens (including phenoxy) is 1. The first-order valence-electron chi connectivity index (χ1n) is 5.04. The van der Waals surface area contributed by atoms with Crippen LogP contribution in [0, 0.1) is 5.92 Å². The summed E-state index contributed by atoms with van der Waals surface area (Å²) in [5, 5.41) is 0. The minimum Gasteiger partial charge on any atom is -0.380 e. The third-order valence-electron chi connectivity index (χ3n) is 1.54. The molecule has 0 aromatic heterocycles. The fraction of sp³-hybridized carbons (Fsp3) is 1.00. The molecule has 13 heavy (non-hydrogen) atoms. The Morgan fingerprint density at radius 1 is 1.23 bits per heavy atom. The van der Waals surface area contributed by atoms with Gasteiger partial charge in [0.2, 0.25) is 0 Å². The molecule has 0 aromatic carbocycles. The van der Waals surface area contributed by atoms with Crippen LogP contribution in [-0.4, -0.2) is 30.8 Å². The molecule has 0 aliphatic heterocycles. The van der Waals surface area contributed by atoms with Gasteiger partial charge in [0.1, 0.15) is 0 Å². The number of hydrogen-bond acceptors (Lipinski definition) is 3. The molecular formula is C10H23NOS. The Hall–Kier alpha value is 0.270. The Labute approximate surface area is 86.6 Å². The van der Waals surface area contributed by atoms with Gasteiger partial charge in [-0.25, -0.2) is 0 Å². The van der Waals surface area contributed by atoms with E-state index in [1.165, 1.54) is 0 Å². The van der Waals surface area contributed by atoms with Gasteiger partial charge in [-0.05, 0) is 25.0 Å². The van der Waals surface area contributed by atoms with Crippen molar-refractivity contribution in [3.63, 3.8) is 0 Å². The molecule has 1 unspecified atom stereocenters. The molecule has 1 atom stereocenters. The van der Waals surface area contributed by atoms with E-state index < -0.39 is 0 Å². The molecule has 0 radical (unpaired) electrons. The van der Waals surface area contributed by atoms with Gasteiger partial charge in [0.15, 0.2) is 0 Å². The van der Waals surface area contributed by atoms with Crippen molar-refractivity contribution < 1.29 is 4.74 Å². The fourth-order valence-electron chi connectivity index (χ4n) is 0.808. The second-order valence-corrected chi connectivity index (χ2v) is 5.07. The number of nitrogens with two attached hydrogens (primary N) is 1. The topological polar surface area (TPSA) is 35.2 Å². The van der Waals surface area contributed by atoms with Gasteiger partial charge in [-0.15, -0.1) is 0 Å². The summed E-state index contributed by atoms with van der Waals surface area (Å²) in [6, 6.07) is 0.337. The lowest BCUT2D eigenvalue weighted by Crippen LogP contribution is -2.15. The first-order chi connectivity index (χ1) is 6.13. The molecule has 0 saturated heterocycles. The van der Waals surface area contributed by atoms with Crippen molar-refractivity contribution >= 4 is 11.8 Å². The third kappa shape index (κ3) is 12.3. The predicted molar refractivity (Wildman–Crippen MR) is 61.2 cm³/mol. The molecule has 0 spiro atoms. The van der Waals surface area contributed by atoms with Crippen LogP contribution >= 0.6 is 11.8 Å². The van der Waals surface area contributed by atoms with Crippen LogP contribution in [0.25, 0.3) is 0 Å². The molecule has 0 aromatic rings. The Morgan fingerprint density at radius 3 is 2.46 bits per heavy atom.